The van der Waals surface area contributed by atoms with E-state index in [1.54, 1.807) is 11.3 Å². The fourth-order valence-electron chi connectivity index (χ4n) is 1.84. The van der Waals surface area contributed by atoms with E-state index in [4.69, 9.17) is 0 Å². The second kappa shape index (κ2) is 3.94. The lowest BCUT2D eigenvalue weighted by Gasteiger charge is -2.15. The van der Waals surface area contributed by atoms with Gasteiger partial charge in [0.15, 0.2) is 5.82 Å². The van der Waals surface area contributed by atoms with Crippen LogP contribution in [0.4, 0.5) is 0 Å². The Morgan fingerprint density at radius 2 is 2.38 bits per heavy atom. The molecule has 2 aromatic heterocycles. The van der Waals surface area contributed by atoms with Crippen molar-refractivity contribution in [2.45, 2.75) is 20.0 Å². The molecule has 4 nitrogen and oxygen atoms in total. The van der Waals surface area contributed by atoms with E-state index >= 15 is 0 Å². The van der Waals surface area contributed by atoms with Gasteiger partial charge in [0.2, 0.25) is 0 Å². The van der Waals surface area contributed by atoms with E-state index < -0.39 is 0 Å². The highest BCUT2D eigenvalue weighted by Crippen LogP contribution is 2.34. The van der Waals surface area contributed by atoms with Gasteiger partial charge in [0.1, 0.15) is 5.82 Å². The maximum Gasteiger partial charge on any atom is 0.174 e. The number of fused-ring (bicyclic) bond motifs is 1. The minimum atomic E-state index is 0.818. The molecule has 0 aliphatic carbocycles. The summed E-state index contributed by atoms with van der Waals surface area (Å²) >= 11 is 5.26. The predicted molar refractivity (Wildman–Crippen MR) is 67.5 cm³/mol. The zero-order valence-corrected chi connectivity index (χ0v) is 11.2. The first-order valence-corrected chi connectivity index (χ1v) is 6.76. The van der Waals surface area contributed by atoms with Gasteiger partial charge >= 0.3 is 0 Å². The van der Waals surface area contributed by atoms with Crippen molar-refractivity contribution in [3.63, 3.8) is 0 Å². The Kier molecular flexibility index (Phi) is 2.57. The predicted octanol–water partition coefficient (Wildman–Crippen LogP) is 2.18. The van der Waals surface area contributed by atoms with Gasteiger partial charge in [-0.05, 0) is 34.5 Å². The smallest absolute Gasteiger partial charge is 0.174 e. The Bertz CT molecular complexity index is 511. The van der Waals surface area contributed by atoms with E-state index in [0.717, 1.165) is 31.3 Å². The Morgan fingerprint density at radius 3 is 3.12 bits per heavy atom. The van der Waals surface area contributed by atoms with Crippen molar-refractivity contribution in [3.05, 3.63) is 21.2 Å². The summed E-state index contributed by atoms with van der Waals surface area (Å²) in [5.74, 6) is 2.03. The number of halogens is 1. The number of aromatic nitrogens is 3. The first-order valence-electron chi connectivity index (χ1n) is 5.15. The molecule has 0 bridgehead atoms. The fraction of sp³-hybridized carbons (Fsp3) is 0.400. The summed E-state index contributed by atoms with van der Waals surface area (Å²) in [7, 11) is 0. The number of hydrogen-bond donors (Lipinski definition) is 1. The third-order valence-corrected chi connectivity index (χ3v) is 4.83. The van der Waals surface area contributed by atoms with Crippen molar-refractivity contribution in [2.75, 3.05) is 6.54 Å². The minimum Gasteiger partial charge on any atom is -0.308 e. The molecule has 0 fully saturated rings. The molecule has 3 rings (SSSR count). The van der Waals surface area contributed by atoms with Gasteiger partial charge in [-0.25, -0.2) is 0 Å². The third kappa shape index (κ3) is 1.61. The van der Waals surface area contributed by atoms with Gasteiger partial charge in [0, 0.05) is 13.1 Å². The first-order chi connectivity index (χ1) is 7.75. The molecule has 1 aliphatic heterocycles. The third-order valence-electron chi connectivity index (χ3n) is 2.70. The monoisotopic (exact) mass is 298 g/mol. The molecule has 16 heavy (non-hydrogen) atoms. The zero-order chi connectivity index (χ0) is 11.1. The minimum absolute atomic E-state index is 0.818. The van der Waals surface area contributed by atoms with E-state index in [0.29, 0.717) is 0 Å². The molecular formula is C10H11BrN4S. The SMILES string of the molecule is Cc1cc(-c2nnc3n2CCNC3)sc1Br. The summed E-state index contributed by atoms with van der Waals surface area (Å²) in [5, 5.41) is 11.8. The van der Waals surface area contributed by atoms with E-state index in [1.807, 2.05) is 0 Å². The molecular weight excluding hydrogens is 288 g/mol. The van der Waals surface area contributed by atoms with Gasteiger partial charge in [-0.1, -0.05) is 0 Å². The maximum atomic E-state index is 4.29. The summed E-state index contributed by atoms with van der Waals surface area (Å²) in [5.41, 5.74) is 1.26. The van der Waals surface area contributed by atoms with Crippen LogP contribution in [-0.4, -0.2) is 21.3 Å². The van der Waals surface area contributed by atoms with Crippen LogP contribution in [0.15, 0.2) is 9.85 Å². The van der Waals surface area contributed by atoms with Crippen LogP contribution in [0, 0.1) is 6.92 Å². The standard InChI is InChI=1S/C10H11BrN4S/c1-6-4-7(16-9(6)11)10-14-13-8-5-12-2-3-15(8)10/h4,12H,2-3,5H2,1H3. The highest BCUT2D eigenvalue weighted by molar-refractivity contribution is 9.11. The molecule has 0 amide bonds. The van der Waals surface area contributed by atoms with Crippen molar-refractivity contribution in [2.24, 2.45) is 0 Å². The Hall–Kier alpha value is -0.720. The number of rotatable bonds is 1. The number of hydrogen-bond acceptors (Lipinski definition) is 4. The Labute approximate surface area is 106 Å². The number of aryl methyl sites for hydroxylation is 1. The highest BCUT2D eigenvalue weighted by atomic mass is 79.9. The van der Waals surface area contributed by atoms with Crippen LogP contribution in [0.3, 0.4) is 0 Å². The van der Waals surface area contributed by atoms with E-state index in [-0.39, 0.29) is 0 Å². The van der Waals surface area contributed by atoms with Crippen molar-refractivity contribution < 1.29 is 0 Å². The molecule has 0 aromatic carbocycles. The quantitative estimate of drug-likeness (QED) is 0.877. The second-order valence-electron chi connectivity index (χ2n) is 3.84. The van der Waals surface area contributed by atoms with E-state index in [9.17, 15) is 0 Å². The molecule has 84 valence electrons. The molecule has 0 radical (unpaired) electrons. The number of nitrogens with zero attached hydrogens (tertiary/aromatic N) is 3. The topological polar surface area (TPSA) is 42.7 Å². The molecule has 2 aromatic rings. The molecule has 0 saturated carbocycles. The molecule has 3 heterocycles. The summed E-state index contributed by atoms with van der Waals surface area (Å²) in [4.78, 5) is 1.19. The Balaban J connectivity index is 2.09. The molecule has 1 aliphatic rings. The van der Waals surface area contributed by atoms with Gasteiger partial charge in [-0.2, -0.15) is 0 Å². The van der Waals surface area contributed by atoms with E-state index in [2.05, 4.69) is 49.0 Å². The summed E-state index contributed by atoms with van der Waals surface area (Å²) in [6.07, 6.45) is 0. The molecule has 0 atom stereocenters. The lowest BCUT2D eigenvalue weighted by molar-refractivity contribution is 0.508. The normalized spacial score (nSPS) is 15.1. The van der Waals surface area contributed by atoms with Crippen molar-refractivity contribution >= 4 is 27.3 Å². The van der Waals surface area contributed by atoms with Crippen LogP contribution in [0.5, 0.6) is 0 Å². The van der Waals surface area contributed by atoms with Crippen LogP contribution in [0.2, 0.25) is 0 Å². The number of thiophene rings is 1. The summed E-state index contributed by atoms with van der Waals surface area (Å²) < 4.78 is 3.38. The molecule has 1 N–H and O–H groups in total. The number of nitrogens with one attached hydrogen (secondary N) is 1. The lowest BCUT2D eigenvalue weighted by Crippen LogP contribution is -2.28. The van der Waals surface area contributed by atoms with Crippen LogP contribution in [0.1, 0.15) is 11.4 Å². The maximum absolute atomic E-state index is 4.29. The lowest BCUT2D eigenvalue weighted by atomic mass is 10.3. The largest absolute Gasteiger partial charge is 0.308 e. The first kappa shape index (κ1) is 10.4. The average molecular weight is 299 g/mol. The Morgan fingerprint density at radius 1 is 1.50 bits per heavy atom. The summed E-state index contributed by atoms with van der Waals surface area (Å²) in [6.45, 7) is 4.85. The fourth-order valence-corrected chi connectivity index (χ4v) is 3.37. The zero-order valence-electron chi connectivity index (χ0n) is 8.83. The highest BCUT2D eigenvalue weighted by Gasteiger charge is 2.18. The van der Waals surface area contributed by atoms with Gasteiger partial charge in [-0.15, -0.1) is 21.5 Å². The van der Waals surface area contributed by atoms with E-state index in [1.165, 1.54) is 14.2 Å². The van der Waals surface area contributed by atoms with Crippen LogP contribution in [0.25, 0.3) is 10.7 Å². The van der Waals surface area contributed by atoms with Gasteiger partial charge in [-0.3, -0.25) is 0 Å². The van der Waals surface area contributed by atoms with Gasteiger partial charge < -0.3 is 9.88 Å². The average Bonchev–Trinajstić information content (AvgIpc) is 2.83. The molecule has 0 spiro atoms. The van der Waals surface area contributed by atoms with Crippen LogP contribution < -0.4 is 5.32 Å². The molecule has 0 saturated heterocycles. The van der Waals surface area contributed by atoms with Crippen molar-refractivity contribution in [3.8, 4) is 10.7 Å². The van der Waals surface area contributed by atoms with Crippen LogP contribution in [-0.2, 0) is 13.1 Å². The second-order valence-corrected chi connectivity index (χ2v) is 6.21. The van der Waals surface area contributed by atoms with Gasteiger partial charge in [0.25, 0.3) is 0 Å². The van der Waals surface area contributed by atoms with Gasteiger partial charge in [0.05, 0.1) is 15.2 Å². The van der Waals surface area contributed by atoms with Crippen molar-refractivity contribution in [1.29, 1.82) is 0 Å². The molecule has 0 unspecified atom stereocenters. The van der Waals surface area contributed by atoms with Crippen LogP contribution >= 0.6 is 27.3 Å². The van der Waals surface area contributed by atoms with Crippen molar-refractivity contribution in [1.82, 2.24) is 20.1 Å². The summed E-state index contributed by atoms with van der Waals surface area (Å²) in [6, 6.07) is 2.16. The molecule has 6 heteroatoms.